The first-order valence-corrected chi connectivity index (χ1v) is 12.8. The van der Waals surface area contributed by atoms with Crippen LogP contribution in [0.3, 0.4) is 0 Å². The van der Waals surface area contributed by atoms with E-state index in [1.165, 1.54) is 6.33 Å². The lowest BCUT2D eigenvalue weighted by Crippen LogP contribution is -2.26. The van der Waals surface area contributed by atoms with Crippen LogP contribution in [0, 0.1) is 5.92 Å². The van der Waals surface area contributed by atoms with Gasteiger partial charge >= 0.3 is 0 Å². The van der Waals surface area contributed by atoms with E-state index in [4.69, 9.17) is 16.3 Å². The van der Waals surface area contributed by atoms with Gasteiger partial charge in [-0.1, -0.05) is 17.7 Å². The third-order valence-corrected chi connectivity index (χ3v) is 7.90. The number of tetrazole rings is 1. The number of carbonyl (C=O) groups excluding carboxylic acids is 1. The number of pyridine rings is 1. The second-order valence-corrected chi connectivity index (χ2v) is 10.4. The van der Waals surface area contributed by atoms with E-state index in [0.29, 0.717) is 22.4 Å². The molecule has 5 aromatic rings. The van der Waals surface area contributed by atoms with Gasteiger partial charge in [0.15, 0.2) is 6.61 Å². The Balaban J connectivity index is 1.17. The summed E-state index contributed by atoms with van der Waals surface area (Å²) in [6.45, 7) is -0.0100. The van der Waals surface area contributed by atoms with Gasteiger partial charge in [-0.3, -0.25) is 9.59 Å². The molecule has 8 rings (SSSR count). The van der Waals surface area contributed by atoms with Crippen molar-refractivity contribution in [1.29, 1.82) is 0 Å². The van der Waals surface area contributed by atoms with Gasteiger partial charge in [0.25, 0.3) is 11.5 Å². The molecule has 3 unspecified atom stereocenters. The molecule has 0 bridgehead atoms. The largest absolute Gasteiger partial charge is 0.482 e. The molecule has 2 aromatic carbocycles. The van der Waals surface area contributed by atoms with Crippen molar-refractivity contribution in [2.45, 2.75) is 18.4 Å². The summed E-state index contributed by atoms with van der Waals surface area (Å²) in [5.41, 5.74) is 5.52. The average Bonchev–Trinajstić information content (AvgIpc) is 3.28. The number of benzene rings is 2. The van der Waals surface area contributed by atoms with Crippen molar-refractivity contribution in [2.75, 3.05) is 11.9 Å². The van der Waals surface area contributed by atoms with Crippen LogP contribution >= 0.6 is 11.6 Å². The number of imidazole rings is 1. The van der Waals surface area contributed by atoms with Crippen molar-refractivity contribution >= 4 is 23.2 Å². The molecular formula is C27H19ClN8O3. The highest BCUT2D eigenvalue weighted by molar-refractivity contribution is 6.31. The molecule has 0 saturated heterocycles. The number of ether oxygens (including phenoxy) is 1. The molecule has 2 aliphatic heterocycles. The minimum absolute atomic E-state index is 0.0100. The van der Waals surface area contributed by atoms with Gasteiger partial charge in [-0.15, -0.1) is 5.10 Å². The van der Waals surface area contributed by atoms with Crippen molar-refractivity contribution in [3.8, 4) is 33.8 Å². The van der Waals surface area contributed by atoms with Gasteiger partial charge in [0.05, 0.1) is 29.3 Å². The van der Waals surface area contributed by atoms with E-state index in [0.717, 1.165) is 46.0 Å². The molecular weight excluding hydrogens is 520 g/mol. The number of nitrogens with zero attached hydrogens (tertiary/aromatic N) is 6. The van der Waals surface area contributed by atoms with E-state index in [-0.39, 0.29) is 30.0 Å². The molecule has 0 radical (unpaired) electrons. The number of hydrogen-bond acceptors (Lipinski definition) is 7. The maximum absolute atomic E-state index is 13.6. The van der Waals surface area contributed by atoms with Crippen molar-refractivity contribution in [1.82, 2.24) is 34.7 Å². The minimum Gasteiger partial charge on any atom is -0.482 e. The Morgan fingerprint density at radius 3 is 2.85 bits per heavy atom. The van der Waals surface area contributed by atoms with Gasteiger partial charge in [-0.2, -0.15) is 4.68 Å². The molecule has 1 saturated carbocycles. The van der Waals surface area contributed by atoms with Crippen LogP contribution in [0.25, 0.3) is 28.1 Å². The number of H-pyrrole nitrogens is 1. The van der Waals surface area contributed by atoms with Crippen molar-refractivity contribution in [3.05, 3.63) is 87.9 Å². The Hall–Kier alpha value is -4.77. The van der Waals surface area contributed by atoms with Crippen LogP contribution in [-0.4, -0.2) is 47.3 Å². The van der Waals surface area contributed by atoms with E-state index in [9.17, 15) is 9.59 Å². The van der Waals surface area contributed by atoms with Gasteiger partial charge in [0, 0.05) is 33.8 Å². The molecule has 5 heterocycles. The van der Waals surface area contributed by atoms with E-state index in [2.05, 4.69) is 36.9 Å². The Bertz CT molecular complexity index is 1860. The number of aromatic amines is 1. The summed E-state index contributed by atoms with van der Waals surface area (Å²) in [5, 5.41) is 14.9. The number of hydrogen-bond donors (Lipinski definition) is 2. The highest BCUT2D eigenvalue weighted by Gasteiger charge is 2.54. The lowest BCUT2D eigenvalue weighted by molar-refractivity contribution is -0.118. The Morgan fingerprint density at radius 2 is 1.97 bits per heavy atom. The zero-order chi connectivity index (χ0) is 26.2. The molecule has 1 fully saturated rings. The summed E-state index contributed by atoms with van der Waals surface area (Å²) in [4.78, 5) is 33.3. The first-order chi connectivity index (χ1) is 19.0. The van der Waals surface area contributed by atoms with Crippen LogP contribution in [0.5, 0.6) is 5.75 Å². The van der Waals surface area contributed by atoms with Gasteiger partial charge in [0.1, 0.15) is 17.9 Å². The molecule has 12 heteroatoms. The summed E-state index contributed by atoms with van der Waals surface area (Å²) in [6.07, 6.45) is 4.28. The molecule has 192 valence electrons. The number of carbonyl (C=O) groups is 1. The van der Waals surface area contributed by atoms with Crippen molar-refractivity contribution < 1.29 is 9.53 Å². The van der Waals surface area contributed by atoms with E-state index in [1.54, 1.807) is 23.0 Å². The second kappa shape index (κ2) is 8.11. The fourth-order valence-corrected chi connectivity index (χ4v) is 6.02. The Labute approximate surface area is 225 Å². The van der Waals surface area contributed by atoms with E-state index in [1.807, 2.05) is 34.9 Å². The topological polar surface area (TPSA) is 133 Å². The second-order valence-electron chi connectivity index (χ2n) is 9.97. The predicted octanol–water partition coefficient (Wildman–Crippen LogP) is 3.57. The molecule has 2 N–H and O–H groups in total. The molecule has 3 aromatic heterocycles. The number of amides is 1. The molecule has 3 aliphatic rings. The Kier molecular flexibility index (Phi) is 4.63. The van der Waals surface area contributed by atoms with Crippen LogP contribution in [0.2, 0.25) is 5.02 Å². The highest BCUT2D eigenvalue weighted by Crippen LogP contribution is 2.60. The summed E-state index contributed by atoms with van der Waals surface area (Å²) in [5.74, 6) is 1.77. The maximum Gasteiger partial charge on any atom is 0.262 e. The maximum atomic E-state index is 13.6. The first kappa shape index (κ1) is 22.2. The molecule has 11 nitrogen and oxygen atoms in total. The summed E-state index contributed by atoms with van der Waals surface area (Å²) < 4.78 is 8.98. The van der Waals surface area contributed by atoms with Crippen LogP contribution in [-0.2, 0) is 4.79 Å². The summed E-state index contributed by atoms with van der Waals surface area (Å²) in [7, 11) is 0. The van der Waals surface area contributed by atoms with Gasteiger partial charge in [-0.05, 0) is 64.7 Å². The minimum atomic E-state index is -0.174. The third kappa shape index (κ3) is 3.50. The zero-order valence-corrected chi connectivity index (χ0v) is 21.0. The molecule has 0 spiro atoms. The monoisotopic (exact) mass is 538 g/mol. The molecule has 3 atom stereocenters. The van der Waals surface area contributed by atoms with E-state index < -0.39 is 0 Å². The number of anilines is 1. The average molecular weight is 539 g/mol. The number of aromatic nitrogens is 7. The normalized spacial score (nSPS) is 20.5. The smallest absolute Gasteiger partial charge is 0.262 e. The van der Waals surface area contributed by atoms with Gasteiger partial charge in [0.2, 0.25) is 0 Å². The highest BCUT2D eigenvalue weighted by atomic mass is 35.5. The van der Waals surface area contributed by atoms with E-state index >= 15 is 0 Å². The van der Waals surface area contributed by atoms with Crippen LogP contribution in [0.15, 0.2) is 65.8 Å². The van der Waals surface area contributed by atoms with Crippen LogP contribution in [0.4, 0.5) is 5.69 Å². The standard InChI is InChI=1S/C27H19ClN8O3/c28-15-2-4-21(35-12-30-33-34-35)16(8-15)14-5-22-17-9-18(17)26(36(22)25(38)7-14)27-29-10-20(32-27)13-1-3-19-23(6-13)39-11-24(37)31-19/h1-8,10,12,17-18,26H,9,11H2,(H,29,32)(H,31,37). The van der Waals surface area contributed by atoms with Crippen molar-refractivity contribution in [3.63, 3.8) is 0 Å². The lowest BCUT2D eigenvalue weighted by Gasteiger charge is -2.18. The fourth-order valence-electron chi connectivity index (χ4n) is 5.85. The molecule has 39 heavy (non-hydrogen) atoms. The number of halogens is 1. The molecule has 1 aliphatic carbocycles. The van der Waals surface area contributed by atoms with Crippen LogP contribution < -0.4 is 15.6 Å². The van der Waals surface area contributed by atoms with Crippen LogP contribution in [0.1, 0.15) is 29.9 Å². The number of rotatable bonds is 4. The van der Waals surface area contributed by atoms with Gasteiger partial charge in [-0.25, -0.2) is 4.98 Å². The summed E-state index contributed by atoms with van der Waals surface area (Å²) >= 11 is 6.34. The summed E-state index contributed by atoms with van der Waals surface area (Å²) in [6, 6.07) is 14.6. The molecule has 1 amide bonds. The number of fused-ring (bicyclic) bond motifs is 4. The SMILES string of the molecule is O=C1COc2cc(-c3cnc(C4C5CC5c5cc(-c6cc(Cl)ccc6-n6cnnn6)cc(=O)n54)[nH]3)ccc2N1. The third-order valence-electron chi connectivity index (χ3n) is 7.67. The van der Waals surface area contributed by atoms with Gasteiger partial charge < -0.3 is 19.6 Å². The number of nitrogens with one attached hydrogen (secondary N) is 2. The lowest BCUT2D eigenvalue weighted by atomic mass is 10.0. The quantitative estimate of drug-likeness (QED) is 0.357. The fraction of sp³-hybridized carbons (Fsp3) is 0.185. The zero-order valence-electron chi connectivity index (χ0n) is 20.2. The first-order valence-electron chi connectivity index (χ1n) is 12.5. The Morgan fingerprint density at radius 1 is 1.05 bits per heavy atom. The predicted molar refractivity (Wildman–Crippen MR) is 141 cm³/mol. The van der Waals surface area contributed by atoms with Crippen molar-refractivity contribution in [2.24, 2.45) is 5.92 Å².